The largest absolute Gasteiger partial charge is 0.480 e. The summed E-state index contributed by atoms with van der Waals surface area (Å²) in [6.07, 6.45) is 0.240. The molecule has 0 heterocycles. The molecule has 2 amide bonds. The average Bonchev–Trinajstić information content (AvgIpc) is 3.59. The minimum absolute atomic E-state index is 0.101. The quantitative estimate of drug-likeness (QED) is 0.464. The fourth-order valence-electron chi connectivity index (χ4n) is 4.68. The zero-order valence-electron chi connectivity index (χ0n) is 19.1. The molecule has 3 N–H and O–H groups in total. The van der Waals surface area contributed by atoms with Gasteiger partial charge in [-0.25, -0.2) is 9.59 Å². The Kier molecular flexibility index (Phi) is 5.99. The maximum atomic E-state index is 13.0. The molecule has 0 unspecified atom stereocenters. The number of ether oxygens (including phenoxy) is 1. The first kappa shape index (κ1) is 22.7. The monoisotopic (exact) mass is 470 g/mol. The van der Waals surface area contributed by atoms with Gasteiger partial charge in [0.05, 0.1) is 0 Å². The second-order valence-corrected chi connectivity index (χ2v) is 9.09. The van der Waals surface area contributed by atoms with Gasteiger partial charge in [0.1, 0.15) is 18.2 Å². The van der Waals surface area contributed by atoms with Crippen LogP contribution in [0.3, 0.4) is 0 Å². The van der Waals surface area contributed by atoms with E-state index < -0.39 is 29.6 Å². The van der Waals surface area contributed by atoms with Crippen molar-refractivity contribution >= 4 is 18.0 Å². The molecule has 1 atom stereocenters. The van der Waals surface area contributed by atoms with Crippen molar-refractivity contribution in [2.75, 3.05) is 6.61 Å². The number of nitrogens with one attached hydrogen (secondary N) is 2. The van der Waals surface area contributed by atoms with E-state index in [9.17, 15) is 19.5 Å². The molecule has 3 aromatic carbocycles. The minimum Gasteiger partial charge on any atom is -0.480 e. The highest BCUT2D eigenvalue weighted by Crippen LogP contribution is 2.44. The number of fused-ring (bicyclic) bond motifs is 3. The Morgan fingerprint density at radius 1 is 0.886 bits per heavy atom. The number of alkyl carbamates (subject to hydrolysis) is 1. The number of rotatable bonds is 8. The van der Waals surface area contributed by atoms with Gasteiger partial charge in [0.15, 0.2) is 0 Å². The van der Waals surface area contributed by atoms with Crippen LogP contribution >= 0.6 is 0 Å². The predicted molar refractivity (Wildman–Crippen MR) is 130 cm³/mol. The molecule has 2 aliphatic rings. The molecule has 7 nitrogen and oxygen atoms in total. The summed E-state index contributed by atoms with van der Waals surface area (Å²) in [6, 6.07) is 24.4. The Hall–Kier alpha value is -4.13. The third-order valence-corrected chi connectivity index (χ3v) is 6.76. The second kappa shape index (κ2) is 9.25. The molecule has 2 aliphatic carbocycles. The van der Waals surface area contributed by atoms with Gasteiger partial charge in [-0.05, 0) is 40.7 Å². The molecule has 35 heavy (non-hydrogen) atoms. The van der Waals surface area contributed by atoms with Gasteiger partial charge in [-0.3, -0.25) is 4.79 Å². The first-order valence-corrected chi connectivity index (χ1v) is 11.7. The van der Waals surface area contributed by atoms with Crippen molar-refractivity contribution in [2.24, 2.45) is 0 Å². The Morgan fingerprint density at radius 2 is 1.46 bits per heavy atom. The van der Waals surface area contributed by atoms with E-state index in [1.54, 1.807) is 0 Å². The van der Waals surface area contributed by atoms with Gasteiger partial charge in [-0.15, -0.1) is 0 Å². The highest BCUT2D eigenvalue weighted by molar-refractivity contribution is 5.93. The molecule has 178 valence electrons. The van der Waals surface area contributed by atoms with Crippen LogP contribution in [0.2, 0.25) is 0 Å². The third kappa shape index (κ3) is 4.62. The van der Waals surface area contributed by atoms with Gasteiger partial charge in [0, 0.05) is 12.3 Å². The standard InChI is InChI=1S/C28H26N2O5/c31-25(30-28(14-15-28)26(32)33)24(16-18-8-2-1-3-9-18)29-27(34)35-17-23-21-12-6-4-10-19(21)20-11-5-7-13-22(20)23/h1-13,23-24H,14-17H2,(H,29,34)(H,30,31)(H,32,33)/t24-/m0/s1. The fourth-order valence-corrected chi connectivity index (χ4v) is 4.68. The van der Waals surface area contributed by atoms with Gasteiger partial charge in [0.25, 0.3) is 0 Å². The molecule has 0 spiro atoms. The molecule has 1 fully saturated rings. The van der Waals surface area contributed by atoms with E-state index in [-0.39, 0.29) is 18.9 Å². The van der Waals surface area contributed by atoms with Crippen molar-refractivity contribution in [3.05, 3.63) is 95.6 Å². The molecule has 1 saturated carbocycles. The highest BCUT2D eigenvalue weighted by atomic mass is 16.5. The van der Waals surface area contributed by atoms with Crippen molar-refractivity contribution in [1.82, 2.24) is 10.6 Å². The summed E-state index contributed by atoms with van der Waals surface area (Å²) in [5, 5.41) is 14.7. The molecule has 0 saturated heterocycles. The summed E-state index contributed by atoms with van der Waals surface area (Å²) in [7, 11) is 0. The zero-order chi connectivity index (χ0) is 24.4. The lowest BCUT2D eigenvalue weighted by atomic mass is 9.98. The number of carboxylic acids is 1. The first-order valence-electron chi connectivity index (χ1n) is 11.7. The van der Waals surface area contributed by atoms with Crippen LogP contribution in [0.5, 0.6) is 0 Å². The number of carbonyl (C=O) groups is 3. The number of carboxylic acid groups (broad SMARTS) is 1. The van der Waals surface area contributed by atoms with Crippen LogP contribution in [0.4, 0.5) is 4.79 Å². The Labute approximate surface area is 203 Å². The summed E-state index contributed by atoms with van der Waals surface area (Å²) in [5.41, 5.74) is 4.04. The van der Waals surface area contributed by atoms with Crippen LogP contribution in [-0.4, -0.2) is 41.3 Å². The molecule has 7 heteroatoms. The highest BCUT2D eigenvalue weighted by Gasteiger charge is 2.52. The number of hydrogen-bond donors (Lipinski definition) is 3. The summed E-state index contributed by atoms with van der Waals surface area (Å²) >= 11 is 0. The Bertz CT molecular complexity index is 1220. The molecule has 0 aliphatic heterocycles. The summed E-state index contributed by atoms with van der Waals surface area (Å²) in [5.74, 6) is -1.70. The number of hydrogen-bond acceptors (Lipinski definition) is 4. The number of carbonyl (C=O) groups excluding carboxylic acids is 2. The van der Waals surface area contributed by atoms with Gasteiger partial charge in [0.2, 0.25) is 5.91 Å². The lowest BCUT2D eigenvalue weighted by Crippen LogP contribution is -2.53. The Balaban J connectivity index is 1.28. The van der Waals surface area contributed by atoms with Crippen LogP contribution in [0.15, 0.2) is 78.9 Å². The van der Waals surface area contributed by atoms with Gasteiger partial charge < -0.3 is 20.5 Å². The second-order valence-electron chi connectivity index (χ2n) is 9.09. The summed E-state index contributed by atoms with van der Waals surface area (Å²) in [6.45, 7) is 0.124. The topological polar surface area (TPSA) is 105 Å². The van der Waals surface area contributed by atoms with Gasteiger partial charge in [-0.1, -0.05) is 78.9 Å². The van der Waals surface area contributed by atoms with E-state index >= 15 is 0 Å². The molecule has 5 rings (SSSR count). The van der Waals surface area contributed by atoms with E-state index in [1.165, 1.54) is 0 Å². The van der Waals surface area contributed by atoms with Crippen LogP contribution < -0.4 is 10.6 Å². The average molecular weight is 471 g/mol. The van der Waals surface area contributed by atoms with Crippen LogP contribution in [0, 0.1) is 0 Å². The van der Waals surface area contributed by atoms with Crippen molar-refractivity contribution in [2.45, 2.75) is 36.8 Å². The van der Waals surface area contributed by atoms with Crippen molar-refractivity contribution in [3.63, 3.8) is 0 Å². The first-order chi connectivity index (χ1) is 17.0. The summed E-state index contributed by atoms with van der Waals surface area (Å²) < 4.78 is 5.60. The SMILES string of the molecule is O=C(N[C@@H](Cc1ccccc1)C(=O)NC1(C(=O)O)CC1)OCC1c2ccccc2-c2ccccc21. The number of amides is 2. The van der Waals surface area contributed by atoms with E-state index in [2.05, 4.69) is 22.8 Å². The van der Waals surface area contributed by atoms with Crippen LogP contribution in [0.1, 0.15) is 35.4 Å². The molecule has 0 bridgehead atoms. The predicted octanol–water partition coefficient (Wildman–Crippen LogP) is 3.87. The lowest BCUT2D eigenvalue weighted by Gasteiger charge is -2.22. The van der Waals surface area contributed by atoms with Crippen molar-refractivity contribution < 1.29 is 24.2 Å². The normalized spacial score (nSPS) is 15.9. The lowest BCUT2D eigenvalue weighted by molar-refractivity contribution is -0.143. The maximum Gasteiger partial charge on any atom is 0.407 e. The number of aliphatic carboxylic acids is 1. The van der Waals surface area contributed by atoms with E-state index in [0.717, 1.165) is 27.8 Å². The number of benzene rings is 3. The van der Waals surface area contributed by atoms with E-state index in [0.29, 0.717) is 12.8 Å². The van der Waals surface area contributed by atoms with Crippen LogP contribution in [-0.2, 0) is 20.7 Å². The van der Waals surface area contributed by atoms with Gasteiger partial charge in [-0.2, -0.15) is 0 Å². The van der Waals surface area contributed by atoms with Crippen molar-refractivity contribution in [3.8, 4) is 11.1 Å². The molecule has 3 aromatic rings. The smallest absolute Gasteiger partial charge is 0.407 e. The van der Waals surface area contributed by atoms with Crippen LogP contribution in [0.25, 0.3) is 11.1 Å². The van der Waals surface area contributed by atoms with E-state index in [4.69, 9.17) is 4.74 Å². The van der Waals surface area contributed by atoms with Gasteiger partial charge >= 0.3 is 12.1 Å². The maximum absolute atomic E-state index is 13.0. The molecular weight excluding hydrogens is 444 g/mol. The van der Waals surface area contributed by atoms with E-state index in [1.807, 2.05) is 66.7 Å². The fraction of sp³-hybridized carbons (Fsp3) is 0.250. The zero-order valence-corrected chi connectivity index (χ0v) is 19.1. The van der Waals surface area contributed by atoms with Crippen molar-refractivity contribution in [1.29, 1.82) is 0 Å². The minimum atomic E-state index is -1.24. The molecular formula is C28H26N2O5. The summed E-state index contributed by atoms with van der Waals surface area (Å²) in [4.78, 5) is 37.3. The Morgan fingerprint density at radius 3 is 2.03 bits per heavy atom. The molecule has 0 aromatic heterocycles. The third-order valence-electron chi connectivity index (χ3n) is 6.76. The molecule has 0 radical (unpaired) electrons.